The summed E-state index contributed by atoms with van der Waals surface area (Å²) in [5.74, 6) is 0.666. The lowest BCUT2D eigenvalue weighted by molar-refractivity contribution is 0.942. The molecule has 1 N–H and O–H groups in total. The molecule has 3 aromatic rings. The number of imidazole rings is 1. The Balaban J connectivity index is 1.94. The van der Waals surface area contributed by atoms with Gasteiger partial charge in [-0.25, -0.2) is 4.98 Å². The molecule has 0 fully saturated rings. The Morgan fingerprint density at radius 1 is 1.37 bits per heavy atom. The Bertz CT molecular complexity index is 709. The highest BCUT2D eigenvalue weighted by Crippen LogP contribution is 2.21. The molecule has 0 spiro atoms. The van der Waals surface area contributed by atoms with E-state index in [2.05, 4.69) is 25.3 Å². The lowest BCUT2D eigenvalue weighted by Crippen LogP contribution is -2.04. The van der Waals surface area contributed by atoms with Gasteiger partial charge in [-0.1, -0.05) is 6.07 Å². The monoisotopic (exact) mass is 274 g/mol. The molecule has 96 valence electrons. The maximum Gasteiger partial charge on any atom is 0.226 e. The zero-order chi connectivity index (χ0) is 13.2. The average molecular weight is 275 g/mol. The second-order valence-electron chi connectivity index (χ2n) is 4.08. The van der Waals surface area contributed by atoms with E-state index in [0.29, 0.717) is 18.0 Å². The summed E-state index contributed by atoms with van der Waals surface area (Å²) in [7, 11) is 1.89. The molecule has 3 aromatic heterocycles. The van der Waals surface area contributed by atoms with E-state index >= 15 is 0 Å². The van der Waals surface area contributed by atoms with Crippen LogP contribution in [0.4, 0.5) is 5.82 Å². The van der Waals surface area contributed by atoms with Crippen molar-refractivity contribution < 1.29 is 0 Å². The molecule has 3 rings (SSSR count). The third kappa shape index (κ3) is 2.34. The first-order valence-corrected chi connectivity index (χ1v) is 6.09. The summed E-state index contributed by atoms with van der Waals surface area (Å²) in [4.78, 5) is 16.5. The number of nitrogens with one attached hydrogen (secondary N) is 1. The van der Waals surface area contributed by atoms with Crippen LogP contribution in [0.2, 0.25) is 5.28 Å². The fourth-order valence-electron chi connectivity index (χ4n) is 1.84. The number of halogens is 1. The normalized spacial score (nSPS) is 10.8. The van der Waals surface area contributed by atoms with Crippen LogP contribution in [-0.4, -0.2) is 24.5 Å². The zero-order valence-corrected chi connectivity index (χ0v) is 11.0. The second kappa shape index (κ2) is 4.81. The lowest BCUT2D eigenvalue weighted by atomic mass is 10.3. The van der Waals surface area contributed by atoms with E-state index in [1.54, 1.807) is 18.7 Å². The summed E-state index contributed by atoms with van der Waals surface area (Å²) < 4.78 is 1.86. The summed E-state index contributed by atoms with van der Waals surface area (Å²) in [5.41, 5.74) is 2.47. The van der Waals surface area contributed by atoms with Gasteiger partial charge in [0.15, 0.2) is 11.5 Å². The molecule has 0 saturated carbocycles. The lowest BCUT2D eigenvalue weighted by Gasteiger charge is -2.07. The Morgan fingerprint density at radius 2 is 2.26 bits per heavy atom. The number of aryl methyl sites for hydroxylation is 1. The van der Waals surface area contributed by atoms with Gasteiger partial charge in [-0.3, -0.25) is 4.98 Å². The Kier molecular flexibility index (Phi) is 3.00. The molecule has 0 bridgehead atoms. The number of anilines is 1. The molecule has 0 saturated heterocycles. The summed E-state index contributed by atoms with van der Waals surface area (Å²) >= 11 is 5.89. The van der Waals surface area contributed by atoms with Crippen molar-refractivity contribution in [3.63, 3.8) is 0 Å². The van der Waals surface area contributed by atoms with Crippen molar-refractivity contribution in [2.75, 3.05) is 5.32 Å². The molecule has 0 aliphatic carbocycles. The van der Waals surface area contributed by atoms with Crippen LogP contribution in [0.15, 0.2) is 30.9 Å². The van der Waals surface area contributed by atoms with E-state index in [4.69, 9.17) is 11.6 Å². The maximum atomic E-state index is 5.89. The molecule has 0 radical (unpaired) electrons. The Hall–Kier alpha value is -2.21. The Morgan fingerprint density at radius 3 is 3.05 bits per heavy atom. The molecule has 0 unspecified atom stereocenters. The summed E-state index contributed by atoms with van der Waals surface area (Å²) in [6.45, 7) is 0.613. The van der Waals surface area contributed by atoms with E-state index in [9.17, 15) is 0 Å². The maximum absolute atomic E-state index is 5.89. The summed E-state index contributed by atoms with van der Waals surface area (Å²) in [6.07, 6.45) is 5.23. The minimum absolute atomic E-state index is 0.180. The van der Waals surface area contributed by atoms with Gasteiger partial charge < -0.3 is 9.88 Å². The number of fused-ring (bicyclic) bond motifs is 1. The summed E-state index contributed by atoms with van der Waals surface area (Å²) in [5, 5.41) is 3.42. The molecule has 7 heteroatoms. The number of nitrogens with zero attached hydrogens (tertiary/aromatic N) is 5. The number of hydrogen-bond donors (Lipinski definition) is 1. The molecule has 0 amide bonds. The van der Waals surface area contributed by atoms with Gasteiger partial charge in [0, 0.05) is 26.0 Å². The zero-order valence-electron chi connectivity index (χ0n) is 10.2. The third-order valence-corrected chi connectivity index (χ3v) is 2.90. The predicted molar refractivity (Wildman–Crippen MR) is 72.9 cm³/mol. The Labute approximate surface area is 114 Å². The van der Waals surface area contributed by atoms with Crippen LogP contribution in [0.3, 0.4) is 0 Å². The molecular formula is C12H11ClN6. The van der Waals surface area contributed by atoms with E-state index in [1.165, 1.54) is 0 Å². The molecule has 19 heavy (non-hydrogen) atoms. The first kappa shape index (κ1) is 11.9. The standard InChI is InChI=1S/C12H11ClN6/c1-19-7-16-11-9(19)10(17-12(13)18-11)15-6-8-3-2-4-14-5-8/h2-5,7H,6H2,1H3,(H,15,17,18). The average Bonchev–Trinajstić information content (AvgIpc) is 2.79. The third-order valence-electron chi connectivity index (χ3n) is 2.73. The quantitative estimate of drug-likeness (QED) is 0.740. The predicted octanol–water partition coefficient (Wildman–Crippen LogP) is 2.02. The molecular weight excluding hydrogens is 264 g/mol. The molecule has 0 atom stereocenters. The van der Waals surface area contributed by atoms with Gasteiger partial charge in [-0.05, 0) is 23.2 Å². The highest BCUT2D eigenvalue weighted by Gasteiger charge is 2.10. The van der Waals surface area contributed by atoms with Gasteiger partial charge in [-0.2, -0.15) is 9.97 Å². The van der Waals surface area contributed by atoms with Crippen molar-refractivity contribution in [3.05, 3.63) is 41.7 Å². The van der Waals surface area contributed by atoms with Crippen molar-refractivity contribution in [1.82, 2.24) is 24.5 Å². The van der Waals surface area contributed by atoms with Crippen LogP contribution in [0.1, 0.15) is 5.56 Å². The molecule has 0 aromatic carbocycles. The molecule has 0 aliphatic heterocycles. The number of hydrogen-bond acceptors (Lipinski definition) is 5. The number of pyridine rings is 1. The van der Waals surface area contributed by atoms with Gasteiger partial charge in [-0.15, -0.1) is 0 Å². The van der Waals surface area contributed by atoms with Gasteiger partial charge in [0.2, 0.25) is 5.28 Å². The first-order chi connectivity index (χ1) is 9.24. The largest absolute Gasteiger partial charge is 0.364 e. The van der Waals surface area contributed by atoms with Crippen LogP contribution in [0.5, 0.6) is 0 Å². The number of aromatic nitrogens is 5. The molecule has 0 aliphatic rings. The minimum atomic E-state index is 0.180. The van der Waals surface area contributed by atoms with Crippen LogP contribution < -0.4 is 5.32 Å². The first-order valence-electron chi connectivity index (χ1n) is 5.71. The SMILES string of the molecule is Cn1cnc2nc(Cl)nc(NCc3cccnc3)c21. The van der Waals surface area contributed by atoms with Crippen LogP contribution in [-0.2, 0) is 13.6 Å². The fraction of sp³-hybridized carbons (Fsp3) is 0.167. The minimum Gasteiger partial charge on any atom is -0.364 e. The fourth-order valence-corrected chi connectivity index (χ4v) is 2.01. The van der Waals surface area contributed by atoms with Crippen molar-refractivity contribution in [1.29, 1.82) is 0 Å². The van der Waals surface area contributed by atoms with Crippen molar-refractivity contribution in [2.45, 2.75) is 6.54 Å². The molecule has 6 nitrogen and oxygen atoms in total. The van der Waals surface area contributed by atoms with Gasteiger partial charge in [0.05, 0.1) is 6.33 Å². The van der Waals surface area contributed by atoms with Gasteiger partial charge in [0.25, 0.3) is 0 Å². The van der Waals surface area contributed by atoms with Gasteiger partial charge in [0.1, 0.15) is 5.52 Å². The van der Waals surface area contributed by atoms with E-state index in [0.717, 1.165) is 11.1 Å². The van der Waals surface area contributed by atoms with Crippen molar-refractivity contribution in [3.8, 4) is 0 Å². The van der Waals surface area contributed by atoms with E-state index < -0.39 is 0 Å². The van der Waals surface area contributed by atoms with E-state index in [-0.39, 0.29) is 5.28 Å². The number of rotatable bonds is 3. The van der Waals surface area contributed by atoms with E-state index in [1.807, 2.05) is 23.7 Å². The van der Waals surface area contributed by atoms with Crippen LogP contribution >= 0.6 is 11.6 Å². The summed E-state index contributed by atoms with van der Waals surface area (Å²) in [6, 6.07) is 3.88. The highest BCUT2D eigenvalue weighted by molar-refractivity contribution is 6.28. The van der Waals surface area contributed by atoms with Gasteiger partial charge >= 0.3 is 0 Å². The van der Waals surface area contributed by atoms with Crippen LogP contribution in [0, 0.1) is 0 Å². The topological polar surface area (TPSA) is 68.5 Å². The molecule has 3 heterocycles. The smallest absolute Gasteiger partial charge is 0.226 e. The van der Waals surface area contributed by atoms with Crippen LogP contribution in [0.25, 0.3) is 11.2 Å². The highest BCUT2D eigenvalue weighted by atomic mass is 35.5. The van der Waals surface area contributed by atoms with Crippen molar-refractivity contribution in [2.24, 2.45) is 7.05 Å². The van der Waals surface area contributed by atoms with Crippen molar-refractivity contribution >= 4 is 28.6 Å². The second-order valence-corrected chi connectivity index (χ2v) is 4.42.